The van der Waals surface area contributed by atoms with Crippen LogP contribution in [0, 0.1) is 35.6 Å². The molecule has 0 atom stereocenters. The van der Waals surface area contributed by atoms with Crippen molar-refractivity contribution in [3.63, 3.8) is 0 Å². The Bertz CT molecular complexity index is 839. The summed E-state index contributed by atoms with van der Waals surface area (Å²) < 4.78 is 2.58. The summed E-state index contributed by atoms with van der Waals surface area (Å²) in [5, 5.41) is 37.0. The molecule has 0 amide bonds. The van der Waals surface area contributed by atoms with E-state index in [9.17, 15) is 20.2 Å². The number of hydrogen-bond acceptors (Lipinski definition) is 7. The summed E-state index contributed by atoms with van der Waals surface area (Å²) in [6.45, 7) is 0. The number of benzene rings is 2. The monoisotopic (exact) mass is 567 g/mol. The van der Waals surface area contributed by atoms with Crippen LogP contribution in [0.15, 0.2) is 45.3 Å². The van der Waals surface area contributed by atoms with Crippen LogP contribution in [0.25, 0.3) is 0 Å². The van der Waals surface area contributed by atoms with Crippen LogP contribution in [-0.2, 0) is 0 Å². The molecular weight excluding hydrogens is 557 g/mol. The van der Waals surface area contributed by atoms with Gasteiger partial charge in [0, 0.05) is 0 Å². The summed E-state index contributed by atoms with van der Waals surface area (Å²) in [5.41, 5.74) is 4.09. The molecule has 0 unspecified atom stereocenters. The molecule has 10 nitrogen and oxygen atoms in total. The number of rotatable bonds is 4. The van der Waals surface area contributed by atoms with E-state index in [1.54, 1.807) is 24.3 Å². The van der Waals surface area contributed by atoms with Gasteiger partial charge in [0.05, 0.1) is 5.09 Å². The molecule has 0 bridgehead atoms. The number of hydrogen-bond donors (Lipinski definition) is 0. The summed E-state index contributed by atoms with van der Waals surface area (Å²) in [4.78, 5) is 29.6. The minimum absolute atomic E-state index is 0.00333. The van der Waals surface area contributed by atoms with Crippen molar-refractivity contribution < 1.29 is 14.9 Å². The zero-order chi connectivity index (χ0) is 20.9. The van der Waals surface area contributed by atoms with Gasteiger partial charge in [-0.15, -0.1) is 0 Å². The fraction of sp³-hybridized carbons (Fsp3) is 0.143. The van der Waals surface area contributed by atoms with Crippen LogP contribution >= 0.6 is 31.9 Å². The van der Waals surface area contributed by atoms with E-state index in [4.69, 9.17) is 15.3 Å². The molecule has 0 aliphatic heterocycles. The van der Waals surface area contributed by atoms with Crippen LogP contribution in [0.4, 0.5) is 11.4 Å². The van der Waals surface area contributed by atoms with Gasteiger partial charge < -0.3 is 15.3 Å². The molecule has 0 aliphatic rings. The third kappa shape index (κ3) is 5.98. The van der Waals surface area contributed by atoms with Crippen LogP contribution in [0.1, 0.15) is 0 Å². The molecule has 2 aromatic rings. The zero-order valence-electron chi connectivity index (χ0n) is 13.9. The number of nitro groups is 2. The van der Waals surface area contributed by atoms with Crippen molar-refractivity contribution in [2.24, 2.45) is 0 Å². The Morgan fingerprint density at radius 1 is 0.741 bits per heavy atom. The maximum atomic E-state index is 11.1. The van der Waals surface area contributed by atoms with E-state index >= 15 is 0 Å². The number of halogens is 2. The maximum Gasteiger partial charge on any atom is 0.0689 e. The number of nitrogens with zero attached hydrogens (tertiary/aromatic N) is 3. The van der Waals surface area contributed by atoms with Crippen molar-refractivity contribution in [2.75, 3.05) is 0 Å². The molecule has 0 radical (unpaired) electrons. The molecule has 0 aromatic heterocycles. The van der Waals surface area contributed by atoms with Crippen molar-refractivity contribution in [2.45, 2.75) is 11.4 Å². The summed E-state index contributed by atoms with van der Waals surface area (Å²) in [7, 11) is 0. The molecule has 2 aromatic carbocycles. The first-order valence-corrected chi connectivity index (χ1v) is 14.1. The molecular formula is C14H12AsBr2N3O7. The van der Waals surface area contributed by atoms with Gasteiger partial charge in [-0.05, 0) is 0 Å². The SMILES string of the molecule is C[As+](C)(c1ccc(Br)c([N+](=O)[O-])c1)c1ccc(Br)c([N+](=O)[O-])c1.O=[N+]([O-])[O-]. The molecule has 144 valence electrons. The van der Waals surface area contributed by atoms with Gasteiger partial charge in [-0.1, -0.05) is 0 Å². The van der Waals surface area contributed by atoms with E-state index in [1.165, 1.54) is 0 Å². The third-order valence-electron chi connectivity index (χ3n) is 3.54. The number of nitro benzene ring substituents is 2. The second-order valence-electron chi connectivity index (χ2n) is 5.46. The minimum atomic E-state index is -2.71. The van der Waals surface area contributed by atoms with Crippen LogP contribution in [0.2, 0.25) is 11.4 Å². The van der Waals surface area contributed by atoms with Gasteiger partial charge in [-0.3, -0.25) is 0 Å². The minimum Gasteiger partial charge on any atom is -0.356 e. The first kappa shape index (κ1) is 23.0. The summed E-state index contributed by atoms with van der Waals surface area (Å²) >= 11 is 3.65. The molecule has 0 heterocycles. The van der Waals surface area contributed by atoms with Gasteiger partial charge in [0.15, 0.2) is 0 Å². The molecule has 0 saturated heterocycles. The Hall–Kier alpha value is -2.04. The van der Waals surface area contributed by atoms with Crippen molar-refractivity contribution >= 4 is 65.5 Å². The zero-order valence-corrected chi connectivity index (χ0v) is 18.9. The average Bonchev–Trinajstić information content (AvgIpc) is 2.54. The Morgan fingerprint density at radius 3 is 1.30 bits per heavy atom. The average molecular weight is 569 g/mol. The standard InChI is InChI=1S/C14H12AsBr2N2O4.NO3/c1-15(2,9-3-5-11(16)13(7-9)18(20)21)10-4-6-12(17)14(8-10)19(22)23;2-1(3)4/h3-8H,1-2H3;/q+1;-1. The van der Waals surface area contributed by atoms with Gasteiger partial charge >= 0.3 is 152 Å². The quantitative estimate of drug-likeness (QED) is 0.310. The van der Waals surface area contributed by atoms with Gasteiger partial charge in [0.1, 0.15) is 0 Å². The predicted octanol–water partition coefficient (Wildman–Crippen LogP) is 3.61. The van der Waals surface area contributed by atoms with E-state index in [2.05, 4.69) is 31.9 Å². The Kier molecular flexibility index (Phi) is 7.88. The molecule has 0 fully saturated rings. The molecule has 2 rings (SSSR count). The molecule has 0 spiro atoms. The van der Waals surface area contributed by atoms with E-state index in [0.29, 0.717) is 8.95 Å². The van der Waals surface area contributed by atoms with Crippen LogP contribution in [0.5, 0.6) is 0 Å². The largest absolute Gasteiger partial charge is 0.356 e. The van der Waals surface area contributed by atoms with E-state index in [1.807, 2.05) is 23.6 Å². The topological polar surface area (TPSA) is 152 Å². The van der Waals surface area contributed by atoms with Gasteiger partial charge in [-0.25, -0.2) is 0 Å². The van der Waals surface area contributed by atoms with E-state index in [-0.39, 0.29) is 11.4 Å². The molecule has 13 heteroatoms. The Morgan fingerprint density at radius 2 is 1.04 bits per heavy atom. The van der Waals surface area contributed by atoms with Crippen LogP contribution in [0.3, 0.4) is 0 Å². The normalized spacial score (nSPS) is 10.5. The Balaban J connectivity index is 0.000000828. The smallest absolute Gasteiger partial charge is 0.0689 e. The van der Waals surface area contributed by atoms with Gasteiger partial charge in [0.25, 0.3) is 0 Å². The van der Waals surface area contributed by atoms with Crippen molar-refractivity contribution in [3.05, 3.63) is 80.9 Å². The van der Waals surface area contributed by atoms with E-state index in [0.717, 1.165) is 8.70 Å². The van der Waals surface area contributed by atoms with E-state index < -0.39 is 28.5 Å². The predicted molar refractivity (Wildman–Crippen MR) is 109 cm³/mol. The first-order chi connectivity index (χ1) is 12.4. The van der Waals surface area contributed by atoms with Crippen molar-refractivity contribution in [3.8, 4) is 0 Å². The maximum absolute atomic E-state index is 11.1. The summed E-state index contributed by atoms with van der Waals surface area (Å²) in [6, 6.07) is 10.1. The third-order valence-corrected chi connectivity index (χ3v) is 11.5. The summed E-state index contributed by atoms with van der Waals surface area (Å²) in [5.74, 6) is 0. The fourth-order valence-corrected chi connectivity index (χ4v) is 7.28. The molecule has 0 saturated carbocycles. The van der Waals surface area contributed by atoms with Gasteiger partial charge in [-0.2, -0.15) is 0 Å². The first-order valence-electron chi connectivity index (χ1n) is 6.92. The van der Waals surface area contributed by atoms with Crippen LogP contribution < -0.4 is 8.70 Å². The fourth-order valence-electron chi connectivity index (χ4n) is 2.13. The van der Waals surface area contributed by atoms with Crippen molar-refractivity contribution in [1.82, 2.24) is 0 Å². The second kappa shape index (κ2) is 9.25. The van der Waals surface area contributed by atoms with Gasteiger partial charge in [0.2, 0.25) is 0 Å². The van der Waals surface area contributed by atoms with Crippen molar-refractivity contribution in [1.29, 1.82) is 0 Å². The van der Waals surface area contributed by atoms with Crippen LogP contribution in [-0.4, -0.2) is 28.5 Å². The molecule has 0 aliphatic carbocycles. The Labute approximate surface area is 172 Å². The summed E-state index contributed by atoms with van der Waals surface area (Å²) in [6.07, 6.45) is 0. The molecule has 0 N–H and O–H groups in total. The second-order valence-corrected chi connectivity index (χ2v) is 15.4. The molecule has 27 heavy (non-hydrogen) atoms.